The number of pyridine rings is 1. The van der Waals surface area contributed by atoms with Gasteiger partial charge in [0.1, 0.15) is 12.1 Å². The first kappa shape index (κ1) is 19.8. The average Bonchev–Trinajstić information content (AvgIpc) is 3.47. The summed E-state index contributed by atoms with van der Waals surface area (Å²) < 4.78 is 14.3. The molecular formula is C23H30N4O3. The molecule has 0 spiro atoms. The Hall–Kier alpha value is -2.12. The number of aromatic nitrogens is 4. The van der Waals surface area contributed by atoms with E-state index in [9.17, 15) is 4.79 Å². The molecule has 0 bridgehead atoms. The van der Waals surface area contributed by atoms with Gasteiger partial charge in [0.2, 0.25) is 0 Å². The summed E-state index contributed by atoms with van der Waals surface area (Å²) in [5, 5.41) is 8.85. The molecule has 3 fully saturated rings. The third-order valence-corrected chi connectivity index (χ3v) is 7.08. The van der Waals surface area contributed by atoms with Crippen molar-refractivity contribution in [2.75, 3.05) is 13.2 Å². The van der Waals surface area contributed by atoms with Crippen LogP contribution in [0.25, 0.3) is 0 Å². The molecule has 0 radical (unpaired) electrons. The van der Waals surface area contributed by atoms with Crippen LogP contribution in [0.2, 0.25) is 0 Å². The Morgan fingerprint density at radius 3 is 2.93 bits per heavy atom. The van der Waals surface area contributed by atoms with Crippen LogP contribution < -0.4 is 0 Å². The van der Waals surface area contributed by atoms with Crippen LogP contribution in [0.15, 0.2) is 30.7 Å². The van der Waals surface area contributed by atoms with Crippen molar-refractivity contribution in [3.63, 3.8) is 0 Å². The third kappa shape index (κ3) is 3.81. The second-order valence-electron chi connectivity index (χ2n) is 9.49. The number of hydrogen-bond acceptors (Lipinski definition) is 6. The third-order valence-electron chi connectivity index (χ3n) is 7.08. The van der Waals surface area contributed by atoms with E-state index in [1.165, 1.54) is 32.1 Å². The SMILES string of the molecule is C[C@]1(CC(=O)c2cccnc2)CO[C@@H]2[C@@H](n3cc(CC4CCCCC4)nn3)CO[C@@H]21. The number of fused-ring (bicyclic) bond motifs is 1. The summed E-state index contributed by atoms with van der Waals surface area (Å²) >= 11 is 0. The van der Waals surface area contributed by atoms with Crippen molar-refractivity contribution in [3.05, 3.63) is 42.0 Å². The monoisotopic (exact) mass is 410 g/mol. The molecule has 2 aromatic rings. The number of ether oxygens (including phenoxy) is 2. The van der Waals surface area contributed by atoms with Gasteiger partial charge < -0.3 is 9.47 Å². The fourth-order valence-electron chi connectivity index (χ4n) is 5.39. The van der Waals surface area contributed by atoms with E-state index in [-0.39, 0.29) is 29.4 Å². The van der Waals surface area contributed by atoms with E-state index < -0.39 is 0 Å². The summed E-state index contributed by atoms with van der Waals surface area (Å²) in [6.07, 6.45) is 13.2. The smallest absolute Gasteiger partial charge is 0.165 e. The normalized spacial score (nSPS) is 31.7. The fourth-order valence-corrected chi connectivity index (χ4v) is 5.39. The minimum absolute atomic E-state index is 0.0120. The molecule has 160 valence electrons. The highest BCUT2D eigenvalue weighted by Crippen LogP contribution is 2.46. The van der Waals surface area contributed by atoms with Crippen molar-refractivity contribution in [3.8, 4) is 0 Å². The van der Waals surface area contributed by atoms with E-state index in [1.807, 2.05) is 10.7 Å². The lowest BCUT2D eigenvalue weighted by molar-refractivity contribution is 0.0241. The molecule has 0 N–H and O–H groups in total. The lowest BCUT2D eigenvalue weighted by atomic mass is 9.79. The van der Waals surface area contributed by atoms with Crippen molar-refractivity contribution < 1.29 is 14.3 Å². The van der Waals surface area contributed by atoms with Gasteiger partial charge in [0.05, 0.1) is 25.0 Å². The van der Waals surface area contributed by atoms with Crippen LogP contribution in [0.4, 0.5) is 0 Å². The zero-order valence-electron chi connectivity index (χ0n) is 17.6. The van der Waals surface area contributed by atoms with E-state index in [4.69, 9.17) is 9.47 Å². The Bertz CT molecular complexity index is 880. The van der Waals surface area contributed by atoms with Gasteiger partial charge >= 0.3 is 0 Å². The predicted octanol–water partition coefficient (Wildman–Crippen LogP) is 3.41. The van der Waals surface area contributed by atoms with Gasteiger partial charge in [-0.25, -0.2) is 4.68 Å². The summed E-state index contributed by atoms with van der Waals surface area (Å²) in [5.74, 6) is 0.818. The van der Waals surface area contributed by atoms with Crippen LogP contribution in [0.1, 0.15) is 67.5 Å². The molecule has 4 atom stereocenters. The Morgan fingerprint density at radius 1 is 1.27 bits per heavy atom. The average molecular weight is 411 g/mol. The molecule has 7 nitrogen and oxygen atoms in total. The minimum Gasteiger partial charge on any atom is -0.372 e. The fraction of sp³-hybridized carbons (Fsp3) is 0.652. The van der Waals surface area contributed by atoms with Crippen LogP contribution in [-0.2, 0) is 15.9 Å². The van der Waals surface area contributed by atoms with Gasteiger partial charge in [-0.2, -0.15) is 0 Å². The van der Waals surface area contributed by atoms with Crippen molar-refractivity contribution >= 4 is 5.78 Å². The van der Waals surface area contributed by atoms with E-state index >= 15 is 0 Å². The molecule has 0 aromatic carbocycles. The molecule has 3 aliphatic rings. The van der Waals surface area contributed by atoms with Crippen molar-refractivity contribution in [2.24, 2.45) is 11.3 Å². The molecule has 7 heteroatoms. The van der Waals surface area contributed by atoms with Gasteiger partial charge in [0, 0.05) is 36.0 Å². The van der Waals surface area contributed by atoms with E-state index in [0.717, 1.165) is 18.0 Å². The Morgan fingerprint density at radius 2 is 2.13 bits per heavy atom. The standard InChI is InChI=1S/C23H30N4O3/c1-23(11-20(28)17-8-5-9-24-12-17)15-30-21-19(14-29-22(21)23)27-13-18(25-26-27)10-16-6-3-2-4-7-16/h5,8-9,12-13,16,19,21-22H,2-4,6-7,10-11,14-15H2,1H3/t19-,21+,22-,23-/m0/s1. The second kappa shape index (κ2) is 8.19. The lowest BCUT2D eigenvalue weighted by Gasteiger charge is -2.27. The maximum Gasteiger partial charge on any atom is 0.165 e. The number of hydrogen-bond donors (Lipinski definition) is 0. The number of carbonyl (C=O) groups is 1. The molecule has 2 saturated heterocycles. The zero-order chi connectivity index (χ0) is 20.6. The minimum atomic E-state index is -0.349. The number of ketones is 1. The maximum absolute atomic E-state index is 12.8. The first-order chi connectivity index (χ1) is 14.6. The summed E-state index contributed by atoms with van der Waals surface area (Å²) in [6.45, 7) is 3.14. The molecule has 2 aliphatic heterocycles. The van der Waals surface area contributed by atoms with Gasteiger partial charge in [-0.15, -0.1) is 5.10 Å². The van der Waals surface area contributed by atoms with E-state index in [1.54, 1.807) is 18.5 Å². The Balaban J connectivity index is 1.25. The molecule has 1 aliphatic carbocycles. The van der Waals surface area contributed by atoms with Crippen LogP contribution in [0.3, 0.4) is 0 Å². The number of nitrogens with zero attached hydrogens (tertiary/aromatic N) is 4. The second-order valence-corrected chi connectivity index (χ2v) is 9.49. The summed E-state index contributed by atoms with van der Waals surface area (Å²) in [5.41, 5.74) is 1.36. The van der Waals surface area contributed by atoms with Crippen molar-refractivity contribution in [2.45, 2.75) is 70.1 Å². The van der Waals surface area contributed by atoms with Crippen molar-refractivity contribution in [1.82, 2.24) is 20.0 Å². The Labute approximate surface area is 177 Å². The van der Waals surface area contributed by atoms with Gasteiger partial charge in [0.15, 0.2) is 5.78 Å². The van der Waals surface area contributed by atoms with Crippen LogP contribution in [-0.4, -0.2) is 51.2 Å². The number of rotatable bonds is 6. The van der Waals surface area contributed by atoms with Crippen molar-refractivity contribution in [1.29, 1.82) is 0 Å². The summed E-state index contributed by atoms with van der Waals surface area (Å²) in [6, 6.07) is 3.62. The molecular weight excluding hydrogens is 380 g/mol. The van der Waals surface area contributed by atoms with Crippen LogP contribution >= 0.6 is 0 Å². The Kier molecular flexibility index (Phi) is 5.41. The quantitative estimate of drug-likeness (QED) is 0.679. The first-order valence-electron chi connectivity index (χ1n) is 11.2. The van der Waals surface area contributed by atoms with Gasteiger partial charge in [-0.1, -0.05) is 44.2 Å². The van der Waals surface area contributed by atoms with Gasteiger partial charge in [-0.05, 0) is 24.5 Å². The molecule has 0 unspecified atom stereocenters. The molecule has 4 heterocycles. The first-order valence-corrected chi connectivity index (χ1v) is 11.2. The largest absolute Gasteiger partial charge is 0.372 e. The summed E-state index contributed by atoms with van der Waals surface area (Å²) in [7, 11) is 0. The van der Waals surface area contributed by atoms with Gasteiger partial charge in [0.25, 0.3) is 0 Å². The lowest BCUT2D eigenvalue weighted by Crippen LogP contribution is -2.36. The molecule has 2 aromatic heterocycles. The molecule has 5 rings (SSSR count). The van der Waals surface area contributed by atoms with Crippen LogP contribution in [0.5, 0.6) is 0 Å². The van der Waals surface area contributed by atoms with Crippen LogP contribution in [0, 0.1) is 11.3 Å². The zero-order valence-corrected chi connectivity index (χ0v) is 17.6. The highest BCUT2D eigenvalue weighted by atomic mass is 16.6. The molecule has 0 amide bonds. The predicted molar refractivity (Wildman–Crippen MR) is 110 cm³/mol. The summed E-state index contributed by atoms with van der Waals surface area (Å²) in [4.78, 5) is 16.8. The number of Topliss-reactive ketones (excluding diaryl/α,β-unsaturated/α-hetero) is 1. The highest BCUT2D eigenvalue weighted by molar-refractivity contribution is 5.96. The highest BCUT2D eigenvalue weighted by Gasteiger charge is 2.55. The maximum atomic E-state index is 12.8. The molecule has 30 heavy (non-hydrogen) atoms. The number of carbonyl (C=O) groups excluding carboxylic acids is 1. The molecule has 1 saturated carbocycles. The van der Waals surface area contributed by atoms with E-state index in [2.05, 4.69) is 28.4 Å². The topological polar surface area (TPSA) is 79.1 Å². The van der Waals surface area contributed by atoms with E-state index in [0.29, 0.717) is 25.2 Å². The van der Waals surface area contributed by atoms with Gasteiger partial charge in [-0.3, -0.25) is 9.78 Å².